The molecule has 0 aliphatic carbocycles. The van der Waals surface area contributed by atoms with Gasteiger partial charge in [-0.25, -0.2) is 0 Å². The van der Waals surface area contributed by atoms with Gasteiger partial charge in [-0.05, 0) is 23.3 Å². The maximum atomic E-state index is 7.27. The van der Waals surface area contributed by atoms with Gasteiger partial charge in [0.1, 0.15) is 29.9 Å². The van der Waals surface area contributed by atoms with Crippen molar-refractivity contribution in [2.75, 3.05) is 6.61 Å². The van der Waals surface area contributed by atoms with Crippen LogP contribution in [0.4, 0.5) is 0 Å². The van der Waals surface area contributed by atoms with Crippen LogP contribution in [0.3, 0.4) is 0 Å². The molecular weight excluding hydrogens is 549 g/mol. The Labute approximate surface area is 251 Å². The Morgan fingerprint density at radius 2 is 1.20 bits per heavy atom. The summed E-state index contributed by atoms with van der Waals surface area (Å²) in [6, 6.07) is 31.0. The highest BCUT2D eigenvalue weighted by Gasteiger charge is 2.65. The molecule has 0 unspecified atom stereocenters. The van der Waals surface area contributed by atoms with Crippen molar-refractivity contribution in [2.24, 2.45) is 0 Å². The molecule has 5 nitrogen and oxygen atoms in total. The Balaban J connectivity index is 1.51. The monoisotopic (exact) mass is 592 g/mol. The smallest absolute Gasteiger partial charge is 0.349 e. The third-order valence-corrected chi connectivity index (χ3v) is 14.2. The SMILES string of the molecule is CC(C)(C)[Si]1(C(C)(C)C)OC[C@H]2O[C@H](Sc3ccccc3)[C@H](OCc3ccccc3)[C@@H](OCc3ccccc3)[C@H]2O1. The molecule has 0 saturated carbocycles. The number of hydrogen-bond acceptors (Lipinski definition) is 6. The number of thioether (sulfide) groups is 1. The second kappa shape index (κ2) is 12.7. The molecule has 2 aliphatic heterocycles. The number of ether oxygens (including phenoxy) is 3. The molecule has 3 aromatic rings. The normalized spacial score (nSPS) is 26.3. The topological polar surface area (TPSA) is 46.2 Å². The van der Waals surface area contributed by atoms with Gasteiger partial charge in [-0.2, -0.15) is 0 Å². The predicted octanol–water partition coefficient (Wildman–Crippen LogP) is 8.13. The summed E-state index contributed by atoms with van der Waals surface area (Å²) in [5.74, 6) is 0. The van der Waals surface area contributed by atoms with Crippen molar-refractivity contribution in [3.05, 3.63) is 102 Å². The van der Waals surface area contributed by atoms with E-state index in [1.54, 1.807) is 11.8 Å². The van der Waals surface area contributed by atoms with Crippen molar-refractivity contribution in [3.8, 4) is 0 Å². The first-order chi connectivity index (χ1) is 19.6. The van der Waals surface area contributed by atoms with Crippen LogP contribution in [0.25, 0.3) is 0 Å². The average molecular weight is 593 g/mol. The molecule has 2 fully saturated rings. The molecule has 41 heavy (non-hydrogen) atoms. The van der Waals surface area contributed by atoms with Gasteiger partial charge < -0.3 is 23.1 Å². The van der Waals surface area contributed by atoms with Crippen LogP contribution in [0.5, 0.6) is 0 Å². The van der Waals surface area contributed by atoms with E-state index in [-0.39, 0.29) is 39.9 Å². The third-order valence-electron chi connectivity index (χ3n) is 7.88. The van der Waals surface area contributed by atoms with Crippen LogP contribution in [0.1, 0.15) is 52.7 Å². The molecule has 0 spiro atoms. The van der Waals surface area contributed by atoms with E-state index >= 15 is 0 Å². The summed E-state index contributed by atoms with van der Waals surface area (Å²) in [6.45, 7) is 14.9. The van der Waals surface area contributed by atoms with Crippen LogP contribution in [0.15, 0.2) is 95.9 Å². The lowest BCUT2D eigenvalue weighted by molar-refractivity contribution is -0.250. The van der Waals surface area contributed by atoms with Gasteiger partial charge in [0.15, 0.2) is 0 Å². The highest BCUT2D eigenvalue weighted by atomic mass is 32.2. The standard InChI is InChI=1S/C34H44O5SSi/c1-33(2,3)41(34(4,5)6)37-24-28-29(39-41)30(35-22-25-16-10-7-11-17-25)31(36-23-26-18-12-8-13-19-26)32(38-28)40-27-20-14-9-15-21-27/h7-21,28-32H,22-24H2,1-6H3/t28-,29+,30+,31-,32-/m1/s1. The van der Waals surface area contributed by atoms with Gasteiger partial charge in [0.2, 0.25) is 0 Å². The summed E-state index contributed by atoms with van der Waals surface area (Å²) >= 11 is 1.67. The Hall–Kier alpha value is -1.97. The van der Waals surface area contributed by atoms with E-state index in [0.717, 1.165) is 16.0 Å². The summed E-state index contributed by atoms with van der Waals surface area (Å²) in [4.78, 5) is 1.12. The fourth-order valence-electron chi connectivity index (χ4n) is 6.12. The Kier molecular flexibility index (Phi) is 9.46. The molecular formula is C34H44O5SSi. The van der Waals surface area contributed by atoms with Crippen molar-refractivity contribution < 1.29 is 23.1 Å². The number of rotatable bonds is 8. The van der Waals surface area contributed by atoms with Crippen LogP contribution >= 0.6 is 11.8 Å². The van der Waals surface area contributed by atoms with Crippen LogP contribution in [-0.2, 0) is 36.3 Å². The maximum absolute atomic E-state index is 7.27. The Morgan fingerprint density at radius 3 is 1.71 bits per heavy atom. The molecule has 3 aromatic carbocycles. The summed E-state index contributed by atoms with van der Waals surface area (Å²) in [5, 5.41) is -0.313. The van der Waals surface area contributed by atoms with Crippen LogP contribution in [-0.4, -0.2) is 45.0 Å². The molecule has 7 heteroatoms. The lowest BCUT2D eigenvalue weighted by atomic mass is 9.99. The van der Waals surface area contributed by atoms with E-state index in [1.807, 2.05) is 42.5 Å². The first kappa shape index (κ1) is 30.5. The van der Waals surface area contributed by atoms with E-state index in [2.05, 4.69) is 90.1 Å². The highest BCUT2D eigenvalue weighted by Crippen LogP contribution is 2.55. The van der Waals surface area contributed by atoms with Gasteiger partial charge >= 0.3 is 8.56 Å². The quantitative estimate of drug-likeness (QED) is 0.246. The fourth-order valence-corrected chi connectivity index (χ4v) is 12.2. The van der Waals surface area contributed by atoms with Crippen molar-refractivity contribution in [1.29, 1.82) is 0 Å². The minimum Gasteiger partial charge on any atom is -0.391 e. The van der Waals surface area contributed by atoms with Crippen molar-refractivity contribution in [1.82, 2.24) is 0 Å². The molecule has 220 valence electrons. The highest BCUT2D eigenvalue weighted by molar-refractivity contribution is 7.99. The van der Waals surface area contributed by atoms with E-state index in [0.29, 0.717) is 19.8 Å². The molecule has 2 heterocycles. The van der Waals surface area contributed by atoms with Crippen LogP contribution in [0.2, 0.25) is 10.1 Å². The first-order valence-corrected chi connectivity index (χ1v) is 17.3. The summed E-state index contributed by atoms with van der Waals surface area (Å²) in [5.41, 5.74) is 1.93. The predicted molar refractivity (Wildman–Crippen MR) is 167 cm³/mol. The minimum absolute atomic E-state index is 0.157. The van der Waals surface area contributed by atoms with E-state index in [9.17, 15) is 0 Å². The van der Waals surface area contributed by atoms with Gasteiger partial charge in [-0.3, -0.25) is 0 Å². The van der Waals surface area contributed by atoms with Crippen LogP contribution in [0, 0.1) is 0 Å². The largest absolute Gasteiger partial charge is 0.391 e. The molecule has 0 aromatic heterocycles. The van der Waals surface area contributed by atoms with Gasteiger partial charge in [0, 0.05) is 15.0 Å². The summed E-state index contributed by atoms with van der Waals surface area (Å²) in [7, 11) is -2.78. The van der Waals surface area contributed by atoms with E-state index in [1.165, 1.54) is 0 Å². The summed E-state index contributed by atoms with van der Waals surface area (Å²) in [6.07, 6.45) is -1.29. The van der Waals surface area contributed by atoms with Gasteiger partial charge in [0.25, 0.3) is 0 Å². The molecule has 5 rings (SSSR count). The second-order valence-corrected chi connectivity index (χ2v) is 18.9. The molecule has 5 atom stereocenters. The Bertz CT molecular complexity index is 1210. The average Bonchev–Trinajstić information content (AvgIpc) is 2.95. The van der Waals surface area contributed by atoms with Crippen molar-refractivity contribution in [2.45, 2.75) is 99.6 Å². The third kappa shape index (κ3) is 6.83. The number of benzene rings is 3. The first-order valence-electron chi connectivity index (χ1n) is 14.6. The molecule has 0 radical (unpaired) electrons. The lowest BCUT2D eigenvalue weighted by Crippen LogP contribution is -2.71. The van der Waals surface area contributed by atoms with Crippen molar-refractivity contribution in [3.63, 3.8) is 0 Å². The molecule has 2 saturated heterocycles. The molecule has 0 amide bonds. The van der Waals surface area contributed by atoms with Crippen molar-refractivity contribution >= 4 is 20.3 Å². The zero-order valence-electron chi connectivity index (χ0n) is 25.1. The number of fused-ring (bicyclic) bond motifs is 1. The minimum atomic E-state index is -2.78. The van der Waals surface area contributed by atoms with Gasteiger partial charge in [-0.15, -0.1) is 0 Å². The fraction of sp³-hybridized carbons (Fsp3) is 0.471. The Morgan fingerprint density at radius 1 is 0.707 bits per heavy atom. The van der Waals surface area contributed by atoms with E-state index < -0.39 is 8.56 Å². The van der Waals surface area contributed by atoms with Gasteiger partial charge in [0.05, 0.1) is 19.8 Å². The van der Waals surface area contributed by atoms with E-state index in [4.69, 9.17) is 23.1 Å². The zero-order chi connectivity index (χ0) is 29.1. The molecule has 0 bridgehead atoms. The second-order valence-electron chi connectivity index (χ2n) is 13.0. The lowest BCUT2D eigenvalue weighted by Gasteiger charge is -2.58. The molecule has 2 aliphatic rings. The van der Waals surface area contributed by atoms with Crippen LogP contribution < -0.4 is 0 Å². The maximum Gasteiger partial charge on any atom is 0.349 e. The number of hydrogen-bond donors (Lipinski definition) is 0. The zero-order valence-corrected chi connectivity index (χ0v) is 26.9. The molecule has 0 N–H and O–H groups in total. The summed E-state index contributed by atoms with van der Waals surface area (Å²) < 4.78 is 34.5. The van der Waals surface area contributed by atoms with Gasteiger partial charge in [-0.1, -0.05) is 132 Å².